The molecular formula is C15H15N3O5S. The van der Waals surface area contributed by atoms with Gasteiger partial charge in [-0.25, -0.2) is 0 Å². The summed E-state index contributed by atoms with van der Waals surface area (Å²) in [4.78, 5) is 35.3. The number of rotatable bonds is 4. The molecule has 0 radical (unpaired) electrons. The molecule has 0 fully saturated rings. The van der Waals surface area contributed by atoms with Crippen molar-refractivity contribution in [2.24, 2.45) is 0 Å². The van der Waals surface area contributed by atoms with E-state index < -0.39 is 16.7 Å². The maximum atomic E-state index is 12.2. The molecule has 2 N–H and O–H groups in total. The van der Waals surface area contributed by atoms with Gasteiger partial charge in [0.15, 0.2) is 0 Å². The fourth-order valence-electron chi connectivity index (χ4n) is 2.09. The molecule has 2 aromatic rings. The number of hydrazine groups is 1. The molecule has 0 spiro atoms. The van der Waals surface area contributed by atoms with Gasteiger partial charge in [0.2, 0.25) is 0 Å². The summed E-state index contributed by atoms with van der Waals surface area (Å²) in [5.74, 6) is -0.368. The summed E-state index contributed by atoms with van der Waals surface area (Å²) < 4.78 is 5.24. The molecule has 0 saturated carbocycles. The number of benzene rings is 1. The minimum absolute atomic E-state index is 0.132. The Balaban J connectivity index is 2.16. The lowest BCUT2D eigenvalue weighted by atomic mass is 10.1. The Bertz CT molecular complexity index is 815. The first-order chi connectivity index (χ1) is 11.3. The van der Waals surface area contributed by atoms with E-state index in [0.717, 1.165) is 0 Å². The molecule has 8 nitrogen and oxygen atoms in total. The zero-order chi connectivity index (χ0) is 17.9. The predicted octanol–water partition coefficient (Wildman–Crippen LogP) is 2.60. The van der Waals surface area contributed by atoms with E-state index in [9.17, 15) is 19.7 Å². The van der Waals surface area contributed by atoms with E-state index in [2.05, 4.69) is 10.9 Å². The number of thioether (sulfide) groups is 1. The zero-order valence-electron chi connectivity index (χ0n) is 13.2. The highest BCUT2D eigenvalue weighted by atomic mass is 32.2. The van der Waals surface area contributed by atoms with Crippen LogP contribution in [0.2, 0.25) is 0 Å². The van der Waals surface area contributed by atoms with Crippen LogP contribution in [0.3, 0.4) is 0 Å². The number of furan rings is 1. The fraction of sp³-hybridized carbons (Fsp3) is 0.200. The van der Waals surface area contributed by atoms with Gasteiger partial charge in [-0.2, -0.15) is 0 Å². The van der Waals surface area contributed by atoms with Crippen molar-refractivity contribution < 1.29 is 18.9 Å². The first kappa shape index (κ1) is 17.5. The summed E-state index contributed by atoms with van der Waals surface area (Å²) in [7, 11) is 0. The van der Waals surface area contributed by atoms with Crippen LogP contribution in [0.15, 0.2) is 33.6 Å². The predicted molar refractivity (Wildman–Crippen MR) is 88.0 cm³/mol. The lowest BCUT2D eigenvalue weighted by molar-refractivity contribution is -0.385. The Morgan fingerprint density at radius 1 is 1.12 bits per heavy atom. The molecule has 0 aliphatic carbocycles. The highest BCUT2D eigenvalue weighted by Gasteiger charge is 2.22. The molecule has 2 amide bonds. The van der Waals surface area contributed by atoms with Crippen LogP contribution < -0.4 is 10.9 Å². The van der Waals surface area contributed by atoms with Gasteiger partial charge in [-0.05, 0) is 38.3 Å². The smallest absolute Gasteiger partial charge is 0.282 e. The van der Waals surface area contributed by atoms with Gasteiger partial charge in [-0.15, -0.1) is 11.8 Å². The Morgan fingerprint density at radius 3 is 2.25 bits per heavy atom. The maximum absolute atomic E-state index is 12.2. The third-order valence-corrected chi connectivity index (χ3v) is 3.95. The van der Waals surface area contributed by atoms with Crippen LogP contribution in [0.4, 0.5) is 5.69 Å². The summed E-state index contributed by atoms with van der Waals surface area (Å²) in [6, 6.07) is 5.74. The van der Waals surface area contributed by atoms with Crippen molar-refractivity contribution in [2.75, 3.05) is 6.26 Å². The van der Waals surface area contributed by atoms with Crippen LogP contribution in [-0.2, 0) is 0 Å². The third-order valence-electron chi connectivity index (χ3n) is 3.22. The van der Waals surface area contributed by atoms with Crippen molar-refractivity contribution in [1.29, 1.82) is 0 Å². The molecule has 1 aromatic carbocycles. The molecular weight excluding hydrogens is 334 g/mol. The number of hydrogen-bond donors (Lipinski definition) is 2. The zero-order valence-corrected chi connectivity index (χ0v) is 14.0. The Morgan fingerprint density at radius 2 is 1.75 bits per heavy atom. The quantitative estimate of drug-likeness (QED) is 0.498. The van der Waals surface area contributed by atoms with Crippen molar-refractivity contribution in [3.8, 4) is 0 Å². The van der Waals surface area contributed by atoms with E-state index in [4.69, 9.17) is 4.42 Å². The highest BCUT2D eigenvalue weighted by molar-refractivity contribution is 7.98. The molecule has 0 atom stereocenters. The van der Waals surface area contributed by atoms with Gasteiger partial charge in [0.1, 0.15) is 17.1 Å². The lowest BCUT2D eigenvalue weighted by Crippen LogP contribution is -2.41. The summed E-state index contributed by atoms with van der Waals surface area (Å²) in [6.07, 6.45) is 1.79. The normalized spacial score (nSPS) is 10.3. The van der Waals surface area contributed by atoms with Crippen LogP contribution in [-0.4, -0.2) is 23.0 Å². The van der Waals surface area contributed by atoms with Crippen LogP contribution in [0.25, 0.3) is 0 Å². The summed E-state index contributed by atoms with van der Waals surface area (Å²) in [5.41, 5.74) is 4.22. The van der Waals surface area contributed by atoms with E-state index in [1.54, 1.807) is 26.2 Å². The monoisotopic (exact) mass is 349 g/mol. The SMILES string of the molecule is CSc1ccc([N+](=O)[O-])c(C(=O)NNC(=O)c2cc(C)oc2C)c1. The van der Waals surface area contributed by atoms with Gasteiger partial charge in [0.25, 0.3) is 17.5 Å². The first-order valence-corrected chi connectivity index (χ1v) is 8.06. The largest absolute Gasteiger partial charge is 0.466 e. The molecule has 1 aromatic heterocycles. The molecule has 0 bridgehead atoms. The number of nitro benzene ring substituents is 1. The van der Waals surface area contributed by atoms with Gasteiger partial charge in [0.05, 0.1) is 10.5 Å². The maximum Gasteiger partial charge on any atom is 0.282 e. The molecule has 2 rings (SSSR count). The van der Waals surface area contributed by atoms with E-state index in [-0.39, 0.29) is 16.8 Å². The molecule has 9 heteroatoms. The molecule has 0 aliphatic heterocycles. The second-order valence-corrected chi connectivity index (χ2v) is 5.76. The number of amides is 2. The van der Waals surface area contributed by atoms with E-state index in [1.807, 2.05) is 0 Å². The van der Waals surface area contributed by atoms with Crippen LogP contribution in [0.1, 0.15) is 32.2 Å². The molecule has 126 valence electrons. The van der Waals surface area contributed by atoms with Gasteiger partial charge < -0.3 is 4.42 Å². The number of nitrogens with zero attached hydrogens (tertiary/aromatic N) is 1. The van der Waals surface area contributed by atoms with E-state index in [1.165, 1.54) is 30.0 Å². The van der Waals surface area contributed by atoms with Gasteiger partial charge in [-0.1, -0.05) is 0 Å². The lowest BCUT2D eigenvalue weighted by Gasteiger charge is -2.08. The Kier molecular flexibility index (Phi) is 5.24. The average Bonchev–Trinajstić information content (AvgIpc) is 2.90. The van der Waals surface area contributed by atoms with Crippen LogP contribution >= 0.6 is 11.8 Å². The second kappa shape index (κ2) is 7.18. The third kappa shape index (κ3) is 3.74. The topological polar surface area (TPSA) is 114 Å². The average molecular weight is 349 g/mol. The molecule has 0 unspecified atom stereocenters. The van der Waals surface area contributed by atoms with Crippen LogP contribution in [0.5, 0.6) is 0 Å². The Hall–Kier alpha value is -2.81. The number of carbonyl (C=O) groups excluding carboxylic acids is 2. The minimum Gasteiger partial charge on any atom is -0.466 e. The second-order valence-electron chi connectivity index (χ2n) is 4.88. The molecule has 24 heavy (non-hydrogen) atoms. The van der Waals surface area contributed by atoms with Gasteiger partial charge >= 0.3 is 0 Å². The van der Waals surface area contributed by atoms with Crippen molar-refractivity contribution in [3.63, 3.8) is 0 Å². The minimum atomic E-state index is -0.774. The standard InChI is InChI=1S/C15H15N3O5S/c1-8-6-11(9(2)23-8)14(19)16-17-15(20)12-7-10(24-3)4-5-13(12)18(21)22/h4-7H,1-3H3,(H,16,19)(H,17,20). The van der Waals surface area contributed by atoms with Crippen molar-refractivity contribution in [3.05, 3.63) is 57.0 Å². The number of hydrogen-bond acceptors (Lipinski definition) is 6. The van der Waals surface area contributed by atoms with E-state index in [0.29, 0.717) is 16.4 Å². The highest BCUT2D eigenvalue weighted by Crippen LogP contribution is 2.24. The Labute approximate surface area is 141 Å². The number of nitrogens with one attached hydrogen (secondary N) is 2. The van der Waals surface area contributed by atoms with Crippen molar-refractivity contribution >= 4 is 29.3 Å². The fourth-order valence-corrected chi connectivity index (χ4v) is 2.53. The molecule has 0 saturated heterocycles. The number of carbonyl (C=O) groups is 2. The summed E-state index contributed by atoms with van der Waals surface area (Å²) in [6.45, 7) is 3.32. The molecule has 0 aliphatic rings. The summed E-state index contributed by atoms with van der Waals surface area (Å²) in [5, 5.41) is 11.1. The summed E-state index contributed by atoms with van der Waals surface area (Å²) >= 11 is 1.34. The number of nitro groups is 1. The van der Waals surface area contributed by atoms with Crippen molar-refractivity contribution in [1.82, 2.24) is 10.9 Å². The van der Waals surface area contributed by atoms with E-state index >= 15 is 0 Å². The van der Waals surface area contributed by atoms with Crippen LogP contribution in [0, 0.1) is 24.0 Å². The first-order valence-electron chi connectivity index (χ1n) is 6.83. The van der Waals surface area contributed by atoms with Crippen molar-refractivity contribution in [2.45, 2.75) is 18.7 Å². The molecule has 1 heterocycles. The van der Waals surface area contributed by atoms with Gasteiger partial charge in [0, 0.05) is 11.0 Å². The number of aryl methyl sites for hydroxylation is 2. The van der Waals surface area contributed by atoms with Gasteiger partial charge in [-0.3, -0.25) is 30.6 Å².